The minimum absolute atomic E-state index is 0.00513. The van der Waals surface area contributed by atoms with Crippen LogP contribution in [-0.4, -0.2) is 28.1 Å². The third-order valence-corrected chi connectivity index (χ3v) is 3.02. The van der Waals surface area contributed by atoms with E-state index in [1.807, 2.05) is 0 Å². The normalized spacial score (nSPS) is 24.3. The summed E-state index contributed by atoms with van der Waals surface area (Å²) < 4.78 is 0. The summed E-state index contributed by atoms with van der Waals surface area (Å²) in [6.45, 7) is 0. The van der Waals surface area contributed by atoms with E-state index < -0.39 is 0 Å². The summed E-state index contributed by atoms with van der Waals surface area (Å²) in [6.07, 6.45) is 4.32. The lowest BCUT2D eigenvalue weighted by molar-refractivity contribution is 0.0849. The van der Waals surface area contributed by atoms with E-state index in [9.17, 15) is 14.7 Å². The minimum Gasteiger partial charge on any atom is -0.393 e. The molecule has 1 aromatic heterocycles. The van der Waals surface area contributed by atoms with Gasteiger partial charge < -0.3 is 15.4 Å². The van der Waals surface area contributed by atoms with Crippen molar-refractivity contribution in [3.05, 3.63) is 34.2 Å². The van der Waals surface area contributed by atoms with Gasteiger partial charge in [0.15, 0.2) is 0 Å². The van der Waals surface area contributed by atoms with E-state index in [0.29, 0.717) is 12.0 Å². The van der Waals surface area contributed by atoms with Gasteiger partial charge >= 0.3 is 0 Å². The Labute approximate surface area is 98.9 Å². The van der Waals surface area contributed by atoms with Crippen molar-refractivity contribution in [2.75, 3.05) is 0 Å². The van der Waals surface area contributed by atoms with Gasteiger partial charge in [-0.1, -0.05) is 0 Å². The standard InChI is InChI=1S/C12H16N2O3/c15-10-3-1-2-9(7-10)14-12(17)8-4-5-13-11(16)6-8/h4-6,9-10,15H,1-3,7H2,(H,13,16)(H,14,17). The molecule has 1 heterocycles. The maximum absolute atomic E-state index is 11.8. The van der Waals surface area contributed by atoms with Gasteiger partial charge in [-0.15, -0.1) is 0 Å². The first kappa shape index (κ1) is 11.9. The molecule has 1 aliphatic carbocycles. The molecule has 0 aliphatic heterocycles. The molecule has 5 heteroatoms. The van der Waals surface area contributed by atoms with Crippen LogP contribution in [0, 0.1) is 0 Å². The second kappa shape index (κ2) is 5.14. The molecule has 0 radical (unpaired) electrons. The second-order valence-corrected chi connectivity index (χ2v) is 4.43. The second-order valence-electron chi connectivity index (χ2n) is 4.43. The SMILES string of the molecule is O=C(NC1CCCC(O)C1)c1cc[nH]c(=O)c1. The number of aromatic nitrogens is 1. The average Bonchev–Trinajstić information content (AvgIpc) is 2.29. The highest BCUT2D eigenvalue weighted by molar-refractivity contribution is 5.94. The molecule has 17 heavy (non-hydrogen) atoms. The van der Waals surface area contributed by atoms with Crippen molar-refractivity contribution in [1.82, 2.24) is 10.3 Å². The molecule has 0 spiro atoms. The van der Waals surface area contributed by atoms with E-state index in [-0.39, 0.29) is 23.6 Å². The Bertz CT molecular complexity index is 455. The third-order valence-electron chi connectivity index (χ3n) is 3.02. The number of amides is 1. The first-order valence-corrected chi connectivity index (χ1v) is 5.83. The number of hydrogen-bond donors (Lipinski definition) is 3. The van der Waals surface area contributed by atoms with Gasteiger partial charge in [-0.3, -0.25) is 9.59 Å². The maximum atomic E-state index is 11.8. The number of nitrogens with one attached hydrogen (secondary N) is 2. The highest BCUT2D eigenvalue weighted by Gasteiger charge is 2.21. The van der Waals surface area contributed by atoms with Crippen molar-refractivity contribution in [3.8, 4) is 0 Å². The molecule has 3 N–H and O–H groups in total. The van der Waals surface area contributed by atoms with Gasteiger partial charge in [0.25, 0.3) is 5.91 Å². The number of aliphatic hydroxyl groups is 1. The lowest BCUT2D eigenvalue weighted by atomic mass is 9.93. The Morgan fingerprint density at radius 2 is 2.29 bits per heavy atom. The molecule has 1 aliphatic rings. The Balaban J connectivity index is 1.99. The maximum Gasteiger partial charge on any atom is 0.251 e. The van der Waals surface area contributed by atoms with E-state index in [2.05, 4.69) is 10.3 Å². The van der Waals surface area contributed by atoms with Gasteiger partial charge in [0.1, 0.15) is 0 Å². The summed E-state index contributed by atoms with van der Waals surface area (Å²) in [5.74, 6) is -0.254. The highest BCUT2D eigenvalue weighted by Crippen LogP contribution is 2.18. The zero-order chi connectivity index (χ0) is 12.3. The van der Waals surface area contributed by atoms with E-state index in [1.54, 1.807) is 6.07 Å². The van der Waals surface area contributed by atoms with Gasteiger partial charge in [-0.05, 0) is 31.7 Å². The number of aliphatic hydroxyl groups excluding tert-OH is 1. The third kappa shape index (κ3) is 3.17. The number of aromatic amines is 1. The molecule has 2 unspecified atom stereocenters. The first-order chi connectivity index (χ1) is 8.15. The van der Waals surface area contributed by atoms with Crippen LogP contribution in [0.1, 0.15) is 36.0 Å². The molecule has 2 atom stereocenters. The molecule has 92 valence electrons. The van der Waals surface area contributed by atoms with Gasteiger partial charge in [0, 0.05) is 23.9 Å². The van der Waals surface area contributed by atoms with Crippen molar-refractivity contribution >= 4 is 5.91 Å². The largest absolute Gasteiger partial charge is 0.393 e. The molecule has 1 saturated carbocycles. The van der Waals surface area contributed by atoms with Crippen LogP contribution >= 0.6 is 0 Å². The summed E-state index contributed by atoms with van der Waals surface area (Å²) >= 11 is 0. The summed E-state index contributed by atoms with van der Waals surface area (Å²) in [5, 5.41) is 12.3. The smallest absolute Gasteiger partial charge is 0.251 e. The van der Waals surface area contributed by atoms with Crippen LogP contribution in [0.4, 0.5) is 0 Å². The fourth-order valence-electron chi connectivity index (χ4n) is 2.15. The molecule has 1 amide bonds. The average molecular weight is 236 g/mol. The van der Waals surface area contributed by atoms with Gasteiger partial charge in [-0.2, -0.15) is 0 Å². The molecular formula is C12H16N2O3. The fourth-order valence-corrected chi connectivity index (χ4v) is 2.15. The Kier molecular flexibility index (Phi) is 3.58. The predicted octanol–water partition coefficient (Wildman–Crippen LogP) is 0.408. The summed E-state index contributed by atoms with van der Waals surface area (Å²) in [5.41, 5.74) is 0.0649. The molecule has 1 aromatic rings. The molecule has 0 saturated heterocycles. The van der Waals surface area contributed by atoms with Crippen LogP contribution < -0.4 is 10.9 Å². The lowest BCUT2D eigenvalue weighted by Gasteiger charge is -2.26. The van der Waals surface area contributed by atoms with Crippen molar-refractivity contribution in [2.45, 2.75) is 37.8 Å². The molecule has 2 rings (SSSR count). The Morgan fingerprint density at radius 1 is 1.47 bits per heavy atom. The van der Waals surface area contributed by atoms with E-state index in [0.717, 1.165) is 19.3 Å². The molecule has 0 bridgehead atoms. The number of H-pyrrole nitrogens is 1. The first-order valence-electron chi connectivity index (χ1n) is 5.83. The highest BCUT2D eigenvalue weighted by atomic mass is 16.3. The van der Waals surface area contributed by atoms with Gasteiger partial charge in [0.2, 0.25) is 5.56 Å². The topological polar surface area (TPSA) is 82.2 Å². The number of carbonyl (C=O) groups is 1. The lowest BCUT2D eigenvalue weighted by Crippen LogP contribution is -2.40. The number of hydrogen-bond acceptors (Lipinski definition) is 3. The molecular weight excluding hydrogens is 220 g/mol. The quantitative estimate of drug-likeness (QED) is 0.695. The zero-order valence-electron chi connectivity index (χ0n) is 9.48. The van der Waals surface area contributed by atoms with Crippen molar-refractivity contribution in [2.24, 2.45) is 0 Å². The van der Waals surface area contributed by atoms with Crippen LogP contribution in [0.2, 0.25) is 0 Å². The summed E-state index contributed by atoms with van der Waals surface area (Å²) in [4.78, 5) is 25.4. The van der Waals surface area contributed by atoms with Crippen LogP contribution in [0.25, 0.3) is 0 Å². The Morgan fingerprint density at radius 3 is 3.00 bits per heavy atom. The molecule has 1 fully saturated rings. The predicted molar refractivity (Wildman–Crippen MR) is 62.8 cm³/mol. The van der Waals surface area contributed by atoms with E-state index in [4.69, 9.17) is 0 Å². The van der Waals surface area contributed by atoms with Crippen molar-refractivity contribution < 1.29 is 9.90 Å². The van der Waals surface area contributed by atoms with Crippen LogP contribution in [0.15, 0.2) is 23.1 Å². The van der Waals surface area contributed by atoms with Crippen LogP contribution in [-0.2, 0) is 0 Å². The van der Waals surface area contributed by atoms with E-state index in [1.165, 1.54) is 12.3 Å². The summed E-state index contributed by atoms with van der Waals surface area (Å²) in [7, 11) is 0. The van der Waals surface area contributed by atoms with Crippen LogP contribution in [0.3, 0.4) is 0 Å². The fraction of sp³-hybridized carbons (Fsp3) is 0.500. The summed E-state index contributed by atoms with van der Waals surface area (Å²) in [6, 6.07) is 2.84. The van der Waals surface area contributed by atoms with E-state index >= 15 is 0 Å². The molecule has 5 nitrogen and oxygen atoms in total. The van der Waals surface area contributed by atoms with Gasteiger partial charge in [-0.25, -0.2) is 0 Å². The molecule has 0 aromatic carbocycles. The van der Waals surface area contributed by atoms with Crippen molar-refractivity contribution in [1.29, 1.82) is 0 Å². The number of pyridine rings is 1. The monoisotopic (exact) mass is 236 g/mol. The van der Waals surface area contributed by atoms with Crippen LogP contribution in [0.5, 0.6) is 0 Å². The number of rotatable bonds is 2. The van der Waals surface area contributed by atoms with Gasteiger partial charge in [0.05, 0.1) is 6.10 Å². The zero-order valence-corrected chi connectivity index (χ0v) is 9.48. The Hall–Kier alpha value is -1.62. The minimum atomic E-state index is -0.326. The van der Waals surface area contributed by atoms with Crippen molar-refractivity contribution in [3.63, 3.8) is 0 Å². The number of carbonyl (C=O) groups excluding carboxylic acids is 1.